The second-order valence-electron chi connectivity index (χ2n) is 7.43. The van der Waals surface area contributed by atoms with Crippen LogP contribution in [0.4, 0.5) is 0 Å². The lowest BCUT2D eigenvalue weighted by Gasteiger charge is -2.34. The minimum atomic E-state index is 0.0183. The third-order valence-corrected chi connectivity index (χ3v) is 5.44. The first-order valence-electron chi connectivity index (χ1n) is 9.84. The van der Waals surface area contributed by atoms with Crippen LogP contribution in [0.3, 0.4) is 0 Å². The first kappa shape index (κ1) is 18.4. The van der Waals surface area contributed by atoms with Crippen LogP contribution in [0.1, 0.15) is 52.7 Å². The molecule has 7 nitrogen and oxygen atoms in total. The van der Waals surface area contributed by atoms with E-state index in [0.717, 1.165) is 36.7 Å². The van der Waals surface area contributed by atoms with Crippen molar-refractivity contribution in [2.75, 3.05) is 6.54 Å². The maximum absolute atomic E-state index is 13.3. The Kier molecular flexibility index (Phi) is 4.98. The highest BCUT2D eigenvalue weighted by Crippen LogP contribution is 2.26. The topological polar surface area (TPSA) is 68.8 Å². The molecule has 0 saturated carbocycles. The van der Waals surface area contributed by atoms with Gasteiger partial charge in [0.2, 0.25) is 0 Å². The molecule has 1 atom stereocenters. The molecule has 146 valence electrons. The lowest BCUT2D eigenvalue weighted by Crippen LogP contribution is -2.42. The van der Waals surface area contributed by atoms with Crippen LogP contribution in [-0.4, -0.2) is 41.9 Å². The summed E-state index contributed by atoms with van der Waals surface area (Å²) >= 11 is 0. The number of rotatable bonds is 5. The molecule has 2 aromatic heterocycles. The Morgan fingerprint density at radius 2 is 1.96 bits per heavy atom. The monoisotopic (exact) mass is 378 g/mol. The Hall–Kier alpha value is -2.96. The van der Waals surface area contributed by atoms with Gasteiger partial charge in [0.25, 0.3) is 5.91 Å². The van der Waals surface area contributed by atoms with Crippen molar-refractivity contribution >= 4 is 5.91 Å². The van der Waals surface area contributed by atoms with Crippen molar-refractivity contribution in [3.8, 4) is 0 Å². The highest BCUT2D eigenvalue weighted by molar-refractivity contribution is 5.95. The van der Waals surface area contributed by atoms with E-state index in [1.54, 1.807) is 6.20 Å². The quantitative estimate of drug-likeness (QED) is 0.684. The van der Waals surface area contributed by atoms with E-state index in [0.29, 0.717) is 18.7 Å². The first-order valence-corrected chi connectivity index (χ1v) is 9.84. The zero-order chi connectivity index (χ0) is 19.7. The number of carbonyl (C=O) groups excluding carboxylic acids is 1. The van der Waals surface area contributed by atoms with Gasteiger partial charge in [0.1, 0.15) is 5.82 Å². The Bertz CT molecular complexity index is 974. The molecule has 1 amide bonds. The summed E-state index contributed by atoms with van der Waals surface area (Å²) in [6, 6.07) is 10.5. The minimum absolute atomic E-state index is 0.0183. The van der Waals surface area contributed by atoms with Gasteiger partial charge in [-0.2, -0.15) is 5.10 Å². The van der Waals surface area contributed by atoms with Crippen molar-refractivity contribution in [3.05, 3.63) is 65.0 Å². The van der Waals surface area contributed by atoms with Crippen molar-refractivity contribution in [1.29, 1.82) is 0 Å². The molecule has 0 bridgehead atoms. The predicted octanol–water partition coefficient (Wildman–Crippen LogP) is 2.94. The zero-order valence-electron chi connectivity index (χ0n) is 16.7. The molecule has 0 unspecified atom stereocenters. The molecule has 0 aliphatic carbocycles. The average Bonchev–Trinajstić information content (AvgIpc) is 3.26. The van der Waals surface area contributed by atoms with E-state index in [-0.39, 0.29) is 11.9 Å². The largest absolute Gasteiger partial charge is 0.329 e. The standard InChI is InChI=1S/C21H26N6O/c1-4-10-26-15(2)19(12-22-26)21(28)25-13-18(11-17-8-6-5-7-9-17)27-16(3)23-24-20(27)14-25/h5-9,12,18H,4,10-11,13-14H2,1-3H3/t18-/m1/s1. The summed E-state index contributed by atoms with van der Waals surface area (Å²) in [5, 5.41) is 13.0. The summed E-state index contributed by atoms with van der Waals surface area (Å²) < 4.78 is 4.09. The summed E-state index contributed by atoms with van der Waals surface area (Å²) in [7, 11) is 0. The molecular weight excluding hydrogens is 352 g/mol. The second kappa shape index (κ2) is 7.58. The summed E-state index contributed by atoms with van der Waals surface area (Å²) in [6.45, 7) is 7.99. The van der Waals surface area contributed by atoms with Crippen molar-refractivity contribution in [2.45, 2.75) is 52.7 Å². The molecule has 1 aliphatic heterocycles. The van der Waals surface area contributed by atoms with Crippen LogP contribution < -0.4 is 0 Å². The molecule has 7 heteroatoms. The Morgan fingerprint density at radius 3 is 2.71 bits per heavy atom. The van der Waals surface area contributed by atoms with E-state index in [4.69, 9.17) is 0 Å². The van der Waals surface area contributed by atoms with E-state index in [9.17, 15) is 4.79 Å². The van der Waals surface area contributed by atoms with Gasteiger partial charge < -0.3 is 9.47 Å². The number of aryl methyl sites for hydroxylation is 2. The van der Waals surface area contributed by atoms with E-state index < -0.39 is 0 Å². The third kappa shape index (κ3) is 3.32. The molecule has 4 rings (SSSR count). The average molecular weight is 378 g/mol. The maximum atomic E-state index is 13.3. The van der Waals surface area contributed by atoms with Crippen LogP contribution in [0, 0.1) is 13.8 Å². The van der Waals surface area contributed by atoms with Gasteiger partial charge >= 0.3 is 0 Å². The lowest BCUT2D eigenvalue weighted by molar-refractivity contribution is 0.0671. The fraction of sp³-hybridized carbons (Fsp3) is 0.429. The van der Waals surface area contributed by atoms with Crippen LogP contribution in [-0.2, 0) is 19.5 Å². The fourth-order valence-corrected chi connectivity index (χ4v) is 4.03. The molecule has 3 heterocycles. The van der Waals surface area contributed by atoms with Gasteiger partial charge in [-0.15, -0.1) is 10.2 Å². The van der Waals surface area contributed by atoms with Gasteiger partial charge in [-0.3, -0.25) is 9.48 Å². The number of hydrogen-bond acceptors (Lipinski definition) is 4. The molecular formula is C21H26N6O. The number of carbonyl (C=O) groups is 1. The lowest BCUT2D eigenvalue weighted by atomic mass is 10.0. The number of aromatic nitrogens is 5. The van der Waals surface area contributed by atoms with Crippen LogP contribution in [0.2, 0.25) is 0 Å². The SMILES string of the molecule is CCCn1ncc(C(=O)N2Cc3nnc(C)n3[C@H](Cc3ccccc3)C2)c1C. The van der Waals surface area contributed by atoms with Crippen molar-refractivity contribution in [2.24, 2.45) is 0 Å². The van der Waals surface area contributed by atoms with Crippen molar-refractivity contribution in [1.82, 2.24) is 29.4 Å². The Labute approximate surface area is 165 Å². The fourth-order valence-electron chi connectivity index (χ4n) is 4.03. The van der Waals surface area contributed by atoms with Gasteiger partial charge in [0.05, 0.1) is 24.3 Å². The molecule has 0 N–H and O–H groups in total. The van der Waals surface area contributed by atoms with Gasteiger partial charge in [-0.25, -0.2) is 0 Å². The molecule has 0 saturated heterocycles. The molecule has 1 aliphatic rings. The Balaban J connectivity index is 1.62. The van der Waals surface area contributed by atoms with Gasteiger partial charge in [0, 0.05) is 18.8 Å². The third-order valence-electron chi connectivity index (χ3n) is 5.44. The molecule has 0 spiro atoms. The second-order valence-corrected chi connectivity index (χ2v) is 7.43. The molecule has 28 heavy (non-hydrogen) atoms. The normalized spacial score (nSPS) is 16.2. The maximum Gasteiger partial charge on any atom is 0.257 e. The number of fused-ring (bicyclic) bond motifs is 1. The number of hydrogen-bond donors (Lipinski definition) is 0. The summed E-state index contributed by atoms with van der Waals surface area (Å²) in [5.41, 5.74) is 2.85. The van der Waals surface area contributed by atoms with Crippen LogP contribution in [0.25, 0.3) is 0 Å². The smallest absolute Gasteiger partial charge is 0.257 e. The predicted molar refractivity (Wildman–Crippen MR) is 106 cm³/mol. The summed E-state index contributed by atoms with van der Waals surface area (Å²) in [4.78, 5) is 15.2. The van der Waals surface area contributed by atoms with Gasteiger partial charge in [-0.1, -0.05) is 37.3 Å². The minimum Gasteiger partial charge on any atom is -0.329 e. The van der Waals surface area contributed by atoms with E-state index in [1.165, 1.54) is 5.56 Å². The van der Waals surface area contributed by atoms with Crippen LogP contribution >= 0.6 is 0 Å². The molecule has 0 fully saturated rings. The summed E-state index contributed by atoms with van der Waals surface area (Å²) in [6.07, 6.45) is 3.52. The Morgan fingerprint density at radius 1 is 1.18 bits per heavy atom. The highest BCUT2D eigenvalue weighted by atomic mass is 16.2. The molecule has 3 aromatic rings. The number of amides is 1. The molecule has 1 aromatic carbocycles. The first-order chi connectivity index (χ1) is 13.6. The van der Waals surface area contributed by atoms with E-state index in [2.05, 4.69) is 38.9 Å². The van der Waals surface area contributed by atoms with E-state index in [1.807, 2.05) is 41.6 Å². The number of benzene rings is 1. The van der Waals surface area contributed by atoms with E-state index >= 15 is 0 Å². The number of nitrogens with zero attached hydrogens (tertiary/aromatic N) is 6. The molecule has 0 radical (unpaired) electrons. The highest BCUT2D eigenvalue weighted by Gasteiger charge is 2.32. The van der Waals surface area contributed by atoms with Gasteiger partial charge in [0.15, 0.2) is 5.82 Å². The summed E-state index contributed by atoms with van der Waals surface area (Å²) in [5.74, 6) is 1.76. The van der Waals surface area contributed by atoms with Crippen molar-refractivity contribution < 1.29 is 4.79 Å². The van der Waals surface area contributed by atoms with Gasteiger partial charge in [-0.05, 0) is 32.3 Å². The van der Waals surface area contributed by atoms with Crippen LogP contribution in [0.5, 0.6) is 0 Å². The van der Waals surface area contributed by atoms with Crippen molar-refractivity contribution in [3.63, 3.8) is 0 Å². The van der Waals surface area contributed by atoms with Crippen LogP contribution in [0.15, 0.2) is 36.5 Å². The zero-order valence-corrected chi connectivity index (χ0v) is 16.7.